The Morgan fingerprint density at radius 3 is 2.46 bits per heavy atom. The molecule has 1 aliphatic rings. The lowest BCUT2D eigenvalue weighted by atomic mass is 9.78. The first kappa shape index (κ1) is 22.6. The van der Waals surface area contributed by atoms with Crippen LogP contribution in [0.5, 0.6) is 5.75 Å². The molecule has 1 aromatic carbocycles. The Morgan fingerprint density at radius 2 is 1.89 bits per heavy atom. The fourth-order valence-corrected chi connectivity index (χ4v) is 4.67. The number of ether oxygens (including phenoxy) is 1. The van der Waals surface area contributed by atoms with E-state index in [9.17, 15) is 5.26 Å². The van der Waals surface area contributed by atoms with Crippen molar-refractivity contribution in [2.45, 2.75) is 77.4 Å². The number of benzene rings is 1. The van der Waals surface area contributed by atoms with E-state index >= 15 is 0 Å². The van der Waals surface area contributed by atoms with E-state index < -0.39 is 8.32 Å². The summed E-state index contributed by atoms with van der Waals surface area (Å²) >= 11 is 0. The van der Waals surface area contributed by atoms with Crippen molar-refractivity contribution < 1.29 is 9.16 Å². The van der Waals surface area contributed by atoms with Gasteiger partial charge in [-0.3, -0.25) is 0 Å². The topological polar surface area (TPSA) is 42.2 Å². The average Bonchev–Trinajstić information content (AvgIpc) is 2.63. The van der Waals surface area contributed by atoms with Crippen molar-refractivity contribution in [1.82, 2.24) is 0 Å². The third-order valence-electron chi connectivity index (χ3n) is 6.40. The van der Waals surface area contributed by atoms with Crippen LogP contribution in [0, 0.1) is 23.2 Å². The van der Waals surface area contributed by atoms with Gasteiger partial charge in [0.05, 0.1) is 25.4 Å². The summed E-state index contributed by atoms with van der Waals surface area (Å²) in [7, 11) is -0.101. The molecule has 0 heterocycles. The molecule has 1 saturated carbocycles. The summed E-state index contributed by atoms with van der Waals surface area (Å²) in [5, 5.41) is 9.90. The van der Waals surface area contributed by atoms with Gasteiger partial charge in [0.2, 0.25) is 8.32 Å². The van der Waals surface area contributed by atoms with Gasteiger partial charge in [-0.2, -0.15) is 5.26 Å². The molecule has 2 rings (SSSR count). The summed E-state index contributed by atoms with van der Waals surface area (Å²) in [5.74, 6) is 1.47. The molecule has 2 atom stereocenters. The number of hydrogen-bond donors (Lipinski definition) is 0. The van der Waals surface area contributed by atoms with Crippen LogP contribution in [0.3, 0.4) is 0 Å². The number of hydrogen-bond acceptors (Lipinski definition) is 3. The minimum atomic E-state index is -1.82. The second kappa shape index (κ2) is 9.65. The van der Waals surface area contributed by atoms with Crippen molar-refractivity contribution in [2.24, 2.45) is 11.8 Å². The lowest BCUT2D eigenvalue weighted by Gasteiger charge is -2.36. The third-order valence-corrected chi connectivity index (χ3v) is 10.8. The molecular weight excluding hydrogens is 362 g/mol. The molecule has 0 aliphatic heterocycles. The molecule has 0 saturated heterocycles. The van der Waals surface area contributed by atoms with E-state index in [1.807, 2.05) is 6.26 Å². The monoisotopic (exact) mass is 399 g/mol. The molecule has 1 fully saturated rings. The predicted molar refractivity (Wildman–Crippen MR) is 119 cm³/mol. The minimum Gasteiger partial charge on any atom is -0.544 e. The van der Waals surface area contributed by atoms with Crippen LogP contribution in [0.1, 0.15) is 58.4 Å². The Balaban J connectivity index is 2.00. The first-order chi connectivity index (χ1) is 13.2. The second-order valence-electron chi connectivity index (χ2n) is 9.64. The molecule has 3 nitrogen and oxygen atoms in total. The van der Waals surface area contributed by atoms with Crippen LogP contribution in [0.2, 0.25) is 18.1 Å². The van der Waals surface area contributed by atoms with Crippen LogP contribution in [-0.2, 0) is 11.2 Å². The summed E-state index contributed by atoms with van der Waals surface area (Å²) in [6.45, 7) is 11.3. The van der Waals surface area contributed by atoms with Gasteiger partial charge in [0.15, 0.2) is 0 Å². The largest absolute Gasteiger partial charge is 0.544 e. The molecule has 0 amide bonds. The predicted octanol–water partition coefficient (Wildman–Crippen LogP) is 6.86. The Hall–Kier alpha value is -1.73. The van der Waals surface area contributed by atoms with Gasteiger partial charge in [0.25, 0.3) is 0 Å². The molecular formula is C24H37NO2Si. The Morgan fingerprint density at radius 1 is 1.21 bits per heavy atom. The van der Waals surface area contributed by atoms with E-state index in [-0.39, 0.29) is 11.0 Å². The zero-order valence-electron chi connectivity index (χ0n) is 18.5. The minimum absolute atomic E-state index is 0.0375. The van der Waals surface area contributed by atoms with Crippen molar-refractivity contribution >= 4 is 8.32 Å². The number of rotatable bonds is 7. The quantitative estimate of drug-likeness (QED) is 0.371. The molecule has 0 bridgehead atoms. The highest BCUT2D eigenvalue weighted by Gasteiger charge is 2.38. The molecule has 28 heavy (non-hydrogen) atoms. The van der Waals surface area contributed by atoms with Gasteiger partial charge in [0, 0.05) is 0 Å². The van der Waals surface area contributed by atoms with E-state index in [0.717, 1.165) is 25.0 Å². The van der Waals surface area contributed by atoms with E-state index in [0.29, 0.717) is 5.92 Å². The first-order valence-corrected chi connectivity index (χ1v) is 13.5. The van der Waals surface area contributed by atoms with Crippen molar-refractivity contribution in [2.75, 3.05) is 7.11 Å². The number of nitrogens with zero attached hydrogens (tertiary/aromatic N) is 1. The van der Waals surface area contributed by atoms with Gasteiger partial charge in [-0.25, -0.2) is 0 Å². The highest BCUT2D eigenvalue weighted by Crippen LogP contribution is 2.38. The molecule has 0 radical (unpaired) electrons. The lowest BCUT2D eigenvalue weighted by molar-refractivity contribution is 0.308. The standard InChI is InChI=1S/C24H37NO2Si/c1-24(2,3)28(5,6)27-23-13-11-19(12-14-23)15-20(17-25)16-21-9-7-8-10-22(21)18-26-4/h11-14,18,20-21H,7-10,15-16H2,1-6H3/b22-18-. The average molecular weight is 400 g/mol. The zero-order valence-corrected chi connectivity index (χ0v) is 19.5. The van der Waals surface area contributed by atoms with Crippen LogP contribution in [0.4, 0.5) is 0 Å². The molecule has 0 spiro atoms. The van der Waals surface area contributed by atoms with Gasteiger partial charge in [-0.05, 0) is 79.4 Å². The van der Waals surface area contributed by atoms with E-state index in [1.165, 1.54) is 30.4 Å². The fourth-order valence-electron chi connectivity index (χ4n) is 3.64. The van der Waals surface area contributed by atoms with Gasteiger partial charge < -0.3 is 9.16 Å². The van der Waals surface area contributed by atoms with Gasteiger partial charge in [0.1, 0.15) is 5.75 Å². The van der Waals surface area contributed by atoms with Gasteiger partial charge >= 0.3 is 0 Å². The van der Waals surface area contributed by atoms with Crippen molar-refractivity contribution in [3.8, 4) is 11.8 Å². The molecule has 4 heteroatoms. The lowest BCUT2D eigenvalue weighted by Crippen LogP contribution is -2.43. The highest BCUT2D eigenvalue weighted by molar-refractivity contribution is 6.74. The fraction of sp³-hybridized carbons (Fsp3) is 0.625. The summed E-state index contributed by atoms with van der Waals surface area (Å²) < 4.78 is 11.6. The molecule has 0 N–H and O–H groups in total. The molecule has 1 aromatic rings. The number of nitriles is 1. The smallest absolute Gasteiger partial charge is 0.250 e. The molecule has 2 unspecified atom stereocenters. The zero-order chi connectivity index (χ0) is 20.8. The Kier molecular flexibility index (Phi) is 7.77. The summed E-state index contributed by atoms with van der Waals surface area (Å²) in [4.78, 5) is 0. The third kappa shape index (κ3) is 6.14. The molecule has 154 valence electrons. The first-order valence-electron chi connectivity index (χ1n) is 10.6. The number of allylic oxidation sites excluding steroid dienone is 1. The van der Waals surface area contributed by atoms with Crippen LogP contribution >= 0.6 is 0 Å². The van der Waals surface area contributed by atoms with Crippen molar-refractivity contribution in [3.05, 3.63) is 41.7 Å². The van der Waals surface area contributed by atoms with E-state index in [4.69, 9.17) is 9.16 Å². The van der Waals surface area contributed by atoms with Crippen LogP contribution in [0.25, 0.3) is 0 Å². The van der Waals surface area contributed by atoms with Gasteiger partial charge in [-0.1, -0.05) is 39.3 Å². The summed E-state index contributed by atoms with van der Waals surface area (Å²) in [6, 6.07) is 10.9. The van der Waals surface area contributed by atoms with Crippen LogP contribution in [-0.4, -0.2) is 15.4 Å². The highest BCUT2D eigenvalue weighted by atomic mass is 28.4. The maximum Gasteiger partial charge on any atom is 0.250 e. The van der Waals surface area contributed by atoms with E-state index in [1.54, 1.807) is 7.11 Å². The maximum absolute atomic E-state index is 9.71. The SMILES string of the molecule is CO/C=C1/CCCCC1CC(C#N)Cc1ccc(O[Si](C)(C)C(C)(C)C)cc1. The van der Waals surface area contributed by atoms with Gasteiger partial charge in [-0.15, -0.1) is 0 Å². The van der Waals surface area contributed by atoms with Crippen LogP contribution < -0.4 is 4.43 Å². The Bertz CT molecular complexity index is 695. The molecule has 0 aromatic heterocycles. The summed E-state index contributed by atoms with van der Waals surface area (Å²) in [6.07, 6.45) is 8.40. The van der Waals surface area contributed by atoms with Crippen LogP contribution in [0.15, 0.2) is 36.1 Å². The Labute approximate surface area is 172 Å². The van der Waals surface area contributed by atoms with Crippen molar-refractivity contribution in [1.29, 1.82) is 5.26 Å². The molecule has 1 aliphatic carbocycles. The van der Waals surface area contributed by atoms with Crippen molar-refractivity contribution in [3.63, 3.8) is 0 Å². The second-order valence-corrected chi connectivity index (χ2v) is 14.4. The maximum atomic E-state index is 9.71. The van der Waals surface area contributed by atoms with E-state index in [2.05, 4.69) is 64.2 Å². The number of methoxy groups -OCH3 is 1. The normalized spacial score (nSPS) is 20.5. The summed E-state index contributed by atoms with van der Waals surface area (Å²) in [5.41, 5.74) is 2.59.